The molecule has 2 amide bonds. The van der Waals surface area contributed by atoms with E-state index in [-0.39, 0.29) is 6.03 Å². The highest BCUT2D eigenvalue weighted by molar-refractivity contribution is 7.99. The van der Waals surface area contributed by atoms with Crippen LogP contribution in [0.15, 0.2) is 0 Å². The van der Waals surface area contributed by atoms with Crippen molar-refractivity contribution >= 4 is 23.8 Å². The molecule has 0 aromatic rings. The van der Waals surface area contributed by atoms with Gasteiger partial charge in [0.2, 0.25) is 0 Å². The molecule has 1 saturated heterocycles. The Labute approximate surface area is 118 Å². The number of nitrogens with one attached hydrogen (secondary N) is 1. The summed E-state index contributed by atoms with van der Waals surface area (Å²) < 4.78 is 0. The van der Waals surface area contributed by atoms with E-state index in [4.69, 9.17) is 0 Å². The van der Waals surface area contributed by atoms with Gasteiger partial charge < -0.3 is 15.3 Å². The SMILES string of the molecule is CSC1CCCN(C(=O)NC2(C(=O)O)CCC2)CC1. The largest absolute Gasteiger partial charge is 0.480 e. The highest BCUT2D eigenvalue weighted by atomic mass is 32.2. The van der Waals surface area contributed by atoms with Gasteiger partial charge >= 0.3 is 12.0 Å². The summed E-state index contributed by atoms with van der Waals surface area (Å²) in [5, 5.41) is 12.6. The molecule has 0 aromatic heterocycles. The van der Waals surface area contributed by atoms with Gasteiger partial charge in [-0.25, -0.2) is 9.59 Å². The van der Waals surface area contributed by atoms with Gasteiger partial charge in [-0.15, -0.1) is 0 Å². The zero-order chi connectivity index (χ0) is 13.9. The number of rotatable bonds is 3. The minimum Gasteiger partial charge on any atom is -0.480 e. The van der Waals surface area contributed by atoms with Crippen LogP contribution in [-0.2, 0) is 4.79 Å². The predicted octanol–water partition coefficient (Wildman–Crippen LogP) is 1.92. The molecular formula is C13H22N2O3S. The van der Waals surface area contributed by atoms with Gasteiger partial charge in [0.25, 0.3) is 0 Å². The first-order valence-electron chi connectivity index (χ1n) is 6.91. The van der Waals surface area contributed by atoms with Gasteiger partial charge in [0.1, 0.15) is 5.54 Å². The molecule has 2 rings (SSSR count). The highest BCUT2D eigenvalue weighted by Gasteiger charge is 2.46. The second kappa shape index (κ2) is 6.03. The van der Waals surface area contributed by atoms with E-state index in [2.05, 4.69) is 11.6 Å². The zero-order valence-corrected chi connectivity index (χ0v) is 12.2. The number of carbonyl (C=O) groups excluding carboxylic acids is 1. The third kappa shape index (κ3) is 3.16. The maximum Gasteiger partial charge on any atom is 0.329 e. The van der Waals surface area contributed by atoms with Crippen LogP contribution >= 0.6 is 11.8 Å². The molecular weight excluding hydrogens is 264 g/mol. The number of nitrogens with zero attached hydrogens (tertiary/aromatic N) is 1. The average Bonchev–Trinajstić information content (AvgIpc) is 2.58. The van der Waals surface area contributed by atoms with Crippen LogP contribution in [0.4, 0.5) is 4.79 Å². The van der Waals surface area contributed by atoms with Crippen molar-refractivity contribution in [3.05, 3.63) is 0 Å². The molecule has 0 bridgehead atoms. The first-order valence-corrected chi connectivity index (χ1v) is 8.19. The van der Waals surface area contributed by atoms with Gasteiger partial charge in [-0.05, 0) is 44.8 Å². The van der Waals surface area contributed by atoms with E-state index in [0.29, 0.717) is 18.1 Å². The van der Waals surface area contributed by atoms with Crippen LogP contribution in [0.3, 0.4) is 0 Å². The van der Waals surface area contributed by atoms with Crippen LogP contribution in [0.25, 0.3) is 0 Å². The van der Waals surface area contributed by atoms with Gasteiger partial charge in [0.05, 0.1) is 0 Å². The van der Waals surface area contributed by atoms with E-state index in [9.17, 15) is 14.7 Å². The van der Waals surface area contributed by atoms with Crippen molar-refractivity contribution in [3.63, 3.8) is 0 Å². The number of carbonyl (C=O) groups is 2. The number of hydrogen-bond donors (Lipinski definition) is 2. The Kier molecular flexibility index (Phi) is 4.60. The lowest BCUT2D eigenvalue weighted by atomic mass is 9.77. The van der Waals surface area contributed by atoms with E-state index in [1.54, 1.807) is 4.90 Å². The summed E-state index contributed by atoms with van der Waals surface area (Å²) in [5.41, 5.74) is -0.998. The summed E-state index contributed by atoms with van der Waals surface area (Å²) in [7, 11) is 0. The molecule has 19 heavy (non-hydrogen) atoms. The summed E-state index contributed by atoms with van der Waals surface area (Å²) in [6, 6.07) is -0.205. The van der Waals surface area contributed by atoms with E-state index in [0.717, 1.165) is 38.8 Å². The summed E-state index contributed by atoms with van der Waals surface area (Å²) in [6.07, 6.45) is 7.21. The maximum atomic E-state index is 12.2. The quantitative estimate of drug-likeness (QED) is 0.831. The molecule has 1 aliphatic carbocycles. The first-order chi connectivity index (χ1) is 9.07. The van der Waals surface area contributed by atoms with E-state index < -0.39 is 11.5 Å². The van der Waals surface area contributed by atoms with Crippen molar-refractivity contribution in [2.45, 2.75) is 49.3 Å². The van der Waals surface area contributed by atoms with Crippen LogP contribution in [0.5, 0.6) is 0 Å². The van der Waals surface area contributed by atoms with Crippen molar-refractivity contribution in [2.24, 2.45) is 0 Å². The molecule has 1 unspecified atom stereocenters. The fourth-order valence-electron chi connectivity index (χ4n) is 2.71. The van der Waals surface area contributed by atoms with Gasteiger partial charge in [-0.2, -0.15) is 11.8 Å². The fraction of sp³-hybridized carbons (Fsp3) is 0.846. The third-order valence-corrected chi connectivity index (χ3v) is 5.40. The van der Waals surface area contributed by atoms with E-state index >= 15 is 0 Å². The number of hydrogen-bond acceptors (Lipinski definition) is 3. The molecule has 1 heterocycles. The Balaban J connectivity index is 1.91. The number of thioether (sulfide) groups is 1. The Hall–Kier alpha value is -0.910. The van der Waals surface area contributed by atoms with Crippen LogP contribution < -0.4 is 5.32 Å². The molecule has 6 heteroatoms. The van der Waals surface area contributed by atoms with Crippen molar-refractivity contribution in [3.8, 4) is 0 Å². The number of aliphatic carboxylic acids is 1. The summed E-state index contributed by atoms with van der Waals surface area (Å²) in [5.74, 6) is -0.899. The number of urea groups is 1. The Morgan fingerprint density at radius 2 is 2.00 bits per heavy atom. The molecule has 1 atom stereocenters. The van der Waals surface area contributed by atoms with Crippen molar-refractivity contribution in [1.82, 2.24) is 10.2 Å². The topological polar surface area (TPSA) is 69.6 Å². The van der Waals surface area contributed by atoms with Crippen LogP contribution in [0, 0.1) is 0 Å². The molecule has 0 aromatic carbocycles. The lowest BCUT2D eigenvalue weighted by Gasteiger charge is -2.39. The van der Waals surface area contributed by atoms with Gasteiger partial charge in [0.15, 0.2) is 0 Å². The normalized spacial score (nSPS) is 26.2. The summed E-state index contributed by atoms with van der Waals surface area (Å²) in [4.78, 5) is 25.2. The Morgan fingerprint density at radius 3 is 2.53 bits per heavy atom. The summed E-state index contributed by atoms with van der Waals surface area (Å²) >= 11 is 1.85. The summed E-state index contributed by atoms with van der Waals surface area (Å²) in [6.45, 7) is 1.46. The van der Waals surface area contributed by atoms with Crippen LogP contribution in [0.2, 0.25) is 0 Å². The van der Waals surface area contributed by atoms with Crippen molar-refractivity contribution in [2.75, 3.05) is 19.3 Å². The standard InChI is InChI=1S/C13H22N2O3S/c1-19-10-4-2-8-15(9-5-10)12(18)14-13(11(16)17)6-3-7-13/h10H,2-9H2,1H3,(H,14,18)(H,16,17). The minimum atomic E-state index is -0.998. The number of carboxylic acid groups (broad SMARTS) is 1. The van der Waals surface area contributed by atoms with Gasteiger partial charge in [-0.3, -0.25) is 0 Å². The minimum absolute atomic E-state index is 0.205. The number of carboxylic acids is 1. The second-order valence-electron chi connectivity index (χ2n) is 5.45. The lowest BCUT2D eigenvalue weighted by Crippen LogP contribution is -2.61. The maximum absolute atomic E-state index is 12.2. The van der Waals surface area contributed by atoms with E-state index in [1.807, 2.05) is 11.8 Å². The highest BCUT2D eigenvalue weighted by Crippen LogP contribution is 2.32. The second-order valence-corrected chi connectivity index (χ2v) is 6.58. The Morgan fingerprint density at radius 1 is 1.26 bits per heavy atom. The fourth-order valence-corrected chi connectivity index (χ4v) is 3.45. The average molecular weight is 286 g/mol. The number of likely N-dealkylation sites (tertiary alicyclic amines) is 1. The van der Waals surface area contributed by atoms with Crippen molar-refractivity contribution in [1.29, 1.82) is 0 Å². The smallest absolute Gasteiger partial charge is 0.329 e. The number of amides is 2. The third-order valence-electron chi connectivity index (χ3n) is 4.26. The molecule has 1 aliphatic heterocycles. The molecule has 0 radical (unpaired) electrons. The van der Waals surface area contributed by atoms with Gasteiger partial charge in [-0.1, -0.05) is 0 Å². The van der Waals surface area contributed by atoms with E-state index in [1.165, 1.54) is 0 Å². The van der Waals surface area contributed by atoms with Crippen molar-refractivity contribution < 1.29 is 14.7 Å². The lowest BCUT2D eigenvalue weighted by molar-refractivity contribution is -0.148. The molecule has 0 spiro atoms. The molecule has 2 fully saturated rings. The van der Waals surface area contributed by atoms with Crippen LogP contribution in [0.1, 0.15) is 38.5 Å². The molecule has 2 N–H and O–H groups in total. The molecule has 5 nitrogen and oxygen atoms in total. The molecule has 1 saturated carbocycles. The Bertz CT molecular complexity index is 358. The molecule has 2 aliphatic rings. The monoisotopic (exact) mass is 286 g/mol. The molecule has 108 valence electrons. The van der Waals surface area contributed by atoms with Crippen LogP contribution in [-0.4, -0.2) is 52.1 Å². The van der Waals surface area contributed by atoms with Gasteiger partial charge in [0, 0.05) is 18.3 Å². The zero-order valence-electron chi connectivity index (χ0n) is 11.4. The first kappa shape index (κ1) is 14.5. The predicted molar refractivity (Wildman–Crippen MR) is 75.5 cm³/mol.